The van der Waals surface area contributed by atoms with Gasteiger partial charge in [0.15, 0.2) is 0 Å². The maximum Gasteiger partial charge on any atom is 0.147 e. The number of hydrogen-bond acceptors (Lipinski definition) is 2. The van der Waals surface area contributed by atoms with E-state index in [0.717, 1.165) is 12.8 Å². The first-order valence-corrected chi connectivity index (χ1v) is 7.48. The van der Waals surface area contributed by atoms with Gasteiger partial charge in [0.25, 0.3) is 0 Å². The highest BCUT2D eigenvalue weighted by Gasteiger charge is 2.79. The summed E-state index contributed by atoms with van der Waals surface area (Å²) in [5, 5.41) is 0. The molecular weight excluding hydrogens is 292 g/mol. The van der Waals surface area contributed by atoms with E-state index in [0.29, 0.717) is 0 Å². The predicted molar refractivity (Wildman–Crippen MR) is 73.5 cm³/mol. The van der Waals surface area contributed by atoms with Gasteiger partial charge in [0, 0.05) is 10.8 Å². The molecule has 0 radical (unpaired) electrons. The standard InChI is InChI=1S/C15H19BrO2/c1-9-7-11-14-8-10(9)17-13(14,4)5-6-15(16,18-11)12(14,2)3/h5-6,10-11H,1,7-8H2,2-4H3/t10-,11?,13-,14+,15?/m1/s1. The van der Waals surface area contributed by atoms with Gasteiger partial charge >= 0.3 is 0 Å². The van der Waals surface area contributed by atoms with Crippen molar-refractivity contribution in [1.82, 2.24) is 0 Å². The van der Waals surface area contributed by atoms with Crippen molar-refractivity contribution in [3.8, 4) is 0 Å². The van der Waals surface area contributed by atoms with E-state index in [4.69, 9.17) is 9.47 Å². The third kappa shape index (κ3) is 0.889. The molecule has 2 aliphatic heterocycles. The molecule has 0 aromatic heterocycles. The van der Waals surface area contributed by atoms with E-state index in [1.807, 2.05) is 0 Å². The SMILES string of the molecule is C=C1CC2OC3(Br)C=C[C@@]4(C)O[C@@H]1C[C@@]24C3(C)C. The van der Waals surface area contributed by atoms with Crippen LogP contribution in [0.3, 0.4) is 0 Å². The van der Waals surface area contributed by atoms with Crippen molar-refractivity contribution in [2.24, 2.45) is 10.8 Å². The minimum absolute atomic E-state index is 0.0175. The Morgan fingerprint density at radius 2 is 2.00 bits per heavy atom. The van der Waals surface area contributed by atoms with E-state index < -0.39 is 0 Å². The molecule has 0 amide bonds. The average molecular weight is 311 g/mol. The molecule has 3 fully saturated rings. The van der Waals surface area contributed by atoms with Crippen molar-refractivity contribution in [2.75, 3.05) is 0 Å². The summed E-state index contributed by atoms with van der Waals surface area (Å²) in [5.41, 5.74) is 1.05. The summed E-state index contributed by atoms with van der Waals surface area (Å²) < 4.78 is 12.4. The van der Waals surface area contributed by atoms with Crippen molar-refractivity contribution in [1.29, 1.82) is 0 Å². The zero-order valence-corrected chi connectivity index (χ0v) is 12.7. The van der Waals surface area contributed by atoms with Crippen LogP contribution < -0.4 is 0 Å². The van der Waals surface area contributed by atoms with Crippen LogP contribution in [0.2, 0.25) is 0 Å². The van der Waals surface area contributed by atoms with Gasteiger partial charge in [-0.2, -0.15) is 0 Å². The van der Waals surface area contributed by atoms with Crippen molar-refractivity contribution in [3.05, 3.63) is 24.3 Å². The van der Waals surface area contributed by atoms with Gasteiger partial charge in [-0.25, -0.2) is 0 Å². The number of halogens is 1. The lowest BCUT2D eigenvalue weighted by Crippen LogP contribution is -2.58. The maximum atomic E-state index is 6.40. The van der Waals surface area contributed by atoms with Crippen LogP contribution in [0.15, 0.2) is 24.3 Å². The summed E-state index contributed by atoms with van der Waals surface area (Å²) in [7, 11) is 0. The zero-order valence-electron chi connectivity index (χ0n) is 11.1. The van der Waals surface area contributed by atoms with E-state index in [-0.39, 0.29) is 33.1 Å². The Kier molecular flexibility index (Phi) is 1.83. The summed E-state index contributed by atoms with van der Waals surface area (Å²) in [6.07, 6.45) is 6.74. The summed E-state index contributed by atoms with van der Waals surface area (Å²) in [5.74, 6) is 0. The lowest BCUT2D eigenvalue weighted by atomic mass is 9.49. The summed E-state index contributed by atoms with van der Waals surface area (Å²) in [4.78, 5) is 0. The molecule has 2 heterocycles. The quantitative estimate of drug-likeness (QED) is 0.503. The Bertz CT molecular complexity index is 497. The van der Waals surface area contributed by atoms with Crippen molar-refractivity contribution in [3.63, 3.8) is 0 Å². The predicted octanol–water partition coefficient (Wildman–Crippen LogP) is 3.57. The molecule has 3 heteroatoms. The number of alkyl halides is 1. The Morgan fingerprint density at radius 3 is 2.72 bits per heavy atom. The van der Waals surface area contributed by atoms with Gasteiger partial charge in [-0.05, 0) is 47.3 Å². The van der Waals surface area contributed by atoms with Crippen LogP contribution in [0.4, 0.5) is 0 Å². The van der Waals surface area contributed by atoms with Crippen LogP contribution in [-0.2, 0) is 9.47 Å². The van der Waals surface area contributed by atoms with E-state index >= 15 is 0 Å². The first kappa shape index (κ1) is 11.7. The normalized spacial score (nSPS) is 59.2. The van der Waals surface area contributed by atoms with Gasteiger partial charge < -0.3 is 9.47 Å². The van der Waals surface area contributed by atoms with Gasteiger partial charge in [-0.1, -0.05) is 26.5 Å². The van der Waals surface area contributed by atoms with Crippen LogP contribution in [0.5, 0.6) is 0 Å². The third-order valence-electron chi connectivity index (χ3n) is 6.13. The van der Waals surface area contributed by atoms with Gasteiger partial charge in [0.05, 0.1) is 17.8 Å². The zero-order chi connectivity index (χ0) is 13.0. The van der Waals surface area contributed by atoms with Crippen LogP contribution >= 0.6 is 15.9 Å². The molecule has 2 unspecified atom stereocenters. The van der Waals surface area contributed by atoms with Crippen LogP contribution in [0.25, 0.3) is 0 Å². The van der Waals surface area contributed by atoms with Gasteiger partial charge in [0.1, 0.15) is 4.51 Å². The van der Waals surface area contributed by atoms with Crippen LogP contribution in [0, 0.1) is 10.8 Å². The van der Waals surface area contributed by atoms with Crippen molar-refractivity contribution in [2.45, 2.75) is 55.9 Å². The minimum Gasteiger partial charge on any atom is -0.363 e. The van der Waals surface area contributed by atoms with E-state index in [1.165, 1.54) is 5.57 Å². The van der Waals surface area contributed by atoms with Gasteiger partial charge in [-0.15, -0.1) is 0 Å². The summed E-state index contributed by atoms with van der Waals surface area (Å²) in [6.45, 7) is 11.0. The molecule has 1 saturated carbocycles. The monoisotopic (exact) mass is 310 g/mol. The number of hydrogen-bond donors (Lipinski definition) is 0. The molecule has 2 saturated heterocycles. The molecule has 4 rings (SSSR count). The van der Waals surface area contributed by atoms with Crippen LogP contribution in [0.1, 0.15) is 33.6 Å². The maximum absolute atomic E-state index is 6.40. The van der Waals surface area contributed by atoms with Crippen molar-refractivity contribution < 1.29 is 9.47 Å². The van der Waals surface area contributed by atoms with Crippen molar-refractivity contribution >= 4 is 15.9 Å². The van der Waals surface area contributed by atoms with Crippen LogP contribution in [-0.4, -0.2) is 22.3 Å². The molecule has 4 aliphatic rings. The second-order valence-corrected chi connectivity index (χ2v) is 8.14. The molecule has 2 nitrogen and oxygen atoms in total. The highest BCUT2D eigenvalue weighted by atomic mass is 79.9. The third-order valence-corrected chi connectivity index (χ3v) is 7.57. The molecule has 1 spiro atoms. The first-order chi connectivity index (χ1) is 8.26. The smallest absolute Gasteiger partial charge is 0.147 e. The first-order valence-electron chi connectivity index (χ1n) is 6.68. The fourth-order valence-electron chi connectivity index (χ4n) is 4.94. The lowest BCUT2D eigenvalue weighted by molar-refractivity contribution is -0.0729. The van der Waals surface area contributed by atoms with E-state index in [9.17, 15) is 0 Å². The molecule has 0 N–H and O–H groups in total. The fraction of sp³-hybridized carbons (Fsp3) is 0.733. The Balaban J connectivity index is 2.03. The summed E-state index contributed by atoms with van der Waals surface area (Å²) >= 11 is 3.84. The largest absolute Gasteiger partial charge is 0.363 e. The number of fused-ring (bicyclic) bond motifs is 2. The second-order valence-electron chi connectivity index (χ2n) is 6.96. The van der Waals surface area contributed by atoms with Gasteiger partial charge in [0.2, 0.25) is 0 Å². The topological polar surface area (TPSA) is 18.5 Å². The lowest BCUT2D eigenvalue weighted by Gasteiger charge is -2.53. The summed E-state index contributed by atoms with van der Waals surface area (Å²) in [6, 6.07) is 0. The molecule has 3 bridgehead atoms. The molecule has 18 heavy (non-hydrogen) atoms. The molecular formula is C15H19BrO2. The molecule has 2 aliphatic carbocycles. The van der Waals surface area contributed by atoms with E-state index in [2.05, 4.69) is 55.4 Å². The second kappa shape index (κ2) is 2.82. The Morgan fingerprint density at radius 1 is 1.28 bits per heavy atom. The highest BCUT2D eigenvalue weighted by Crippen LogP contribution is 2.75. The highest BCUT2D eigenvalue weighted by molar-refractivity contribution is 9.10. The molecule has 5 atom stereocenters. The molecule has 0 aromatic rings. The average Bonchev–Trinajstić information content (AvgIpc) is 2.61. The molecule has 98 valence electrons. The van der Waals surface area contributed by atoms with E-state index in [1.54, 1.807) is 0 Å². The minimum atomic E-state index is -0.354. The fourth-order valence-corrected chi connectivity index (χ4v) is 5.65. The number of rotatable bonds is 0. The Labute approximate surface area is 117 Å². The Hall–Kier alpha value is -0.120. The molecule has 0 aromatic carbocycles. The number of ether oxygens (including phenoxy) is 2. The van der Waals surface area contributed by atoms with Gasteiger partial charge in [-0.3, -0.25) is 0 Å².